The molecule has 8 nitrogen and oxygen atoms in total. The number of anilines is 1. The topological polar surface area (TPSA) is 109 Å². The van der Waals surface area contributed by atoms with Gasteiger partial charge in [0.1, 0.15) is 15.4 Å². The van der Waals surface area contributed by atoms with Crippen LogP contribution in [0.25, 0.3) is 0 Å². The van der Waals surface area contributed by atoms with Crippen molar-refractivity contribution < 1.29 is 17.9 Å². The predicted molar refractivity (Wildman–Crippen MR) is 129 cm³/mol. The van der Waals surface area contributed by atoms with E-state index in [9.17, 15) is 13.2 Å². The molecule has 166 valence electrons. The Morgan fingerprint density at radius 2 is 1.69 bits per heavy atom. The van der Waals surface area contributed by atoms with Crippen LogP contribution >= 0.6 is 24.0 Å². The smallest absolute Gasteiger partial charge is 0.412 e. The first-order chi connectivity index (χ1) is 13.0. The number of ether oxygens (including phenoxy) is 1. The Morgan fingerprint density at radius 1 is 1.10 bits per heavy atom. The summed E-state index contributed by atoms with van der Waals surface area (Å²) in [5.74, 6) is 0.789. The van der Waals surface area contributed by atoms with Crippen molar-refractivity contribution in [3.8, 4) is 0 Å². The summed E-state index contributed by atoms with van der Waals surface area (Å²) < 4.78 is 27.5. The van der Waals surface area contributed by atoms with Gasteiger partial charge in [-0.05, 0) is 51.3 Å². The van der Waals surface area contributed by atoms with Crippen LogP contribution in [-0.2, 0) is 21.0 Å². The molecule has 29 heavy (non-hydrogen) atoms. The summed E-state index contributed by atoms with van der Waals surface area (Å²) >= 11 is 0. The second-order valence-electron chi connectivity index (χ2n) is 7.48. The largest absolute Gasteiger partial charge is 0.444 e. The number of aliphatic imine (C=N–C) groups is 1. The van der Waals surface area contributed by atoms with Gasteiger partial charge in [0.15, 0.2) is 5.96 Å². The number of carbonyl (C=O) groups excluding carboxylic acids is 1. The van der Waals surface area contributed by atoms with Gasteiger partial charge in [-0.3, -0.25) is 10.3 Å². The van der Waals surface area contributed by atoms with Crippen LogP contribution in [-0.4, -0.2) is 58.2 Å². The molecule has 1 rings (SSSR count). The average Bonchev–Trinajstić information content (AvgIpc) is 2.56. The van der Waals surface area contributed by atoms with Crippen molar-refractivity contribution in [2.24, 2.45) is 4.99 Å². The Balaban J connectivity index is 0.00000784. The number of rotatable bonds is 8. The molecule has 0 spiro atoms. The summed E-state index contributed by atoms with van der Waals surface area (Å²) in [4.78, 5) is 15.9. The third-order valence-corrected chi connectivity index (χ3v) is 4.54. The summed E-state index contributed by atoms with van der Waals surface area (Å²) in [7, 11) is -1.27. The molecular weight excluding hydrogens is 507 g/mol. The van der Waals surface area contributed by atoms with Crippen LogP contribution in [0.15, 0.2) is 29.3 Å². The molecular formula is C19H33IN4O4S. The van der Waals surface area contributed by atoms with Gasteiger partial charge < -0.3 is 15.4 Å². The van der Waals surface area contributed by atoms with Gasteiger partial charge in [-0.15, -0.1) is 24.0 Å². The summed E-state index contributed by atoms with van der Waals surface area (Å²) in [6.07, 6.45) is 2.06. The lowest BCUT2D eigenvalue weighted by Gasteiger charge is -2.19. The second kappa shape index (κ2) is 12.9. The lowest BCUT2D eigenvalue weighted by Crippen LogP contribution is -2.39. The van der Waals surface area contributed by atoms with Gasteiger partial charge in [0.25, 0.3) is 0 Å². The van der Waals surface area contributed by atoms with Crippen LogP contribution in [0.5, 0.6) is 0 Å². The molecule has 0 saturated heterocycles. The maximum Gasteiger partial charge on any atom is 0.412 e. The van der Waals surface area contributed by atoms with E-state index in [4.69, 9.17) is 4.74 Å². The minimum Gasteiger partial charge on any atom is -0.444 e. The molecule has 0 aliphatic carbocycles. The standard InChI is InChI=1S/C19H32N4O4S.HI/c1-19(2,3)27-18(24)23-16-9-7-15(8-10-16)11-13-22-17(20-4)21-12-6-14-28(5,25)26;/h7-10H,6,11-14H2,1-5H3,(H,23,24)(H2,20,21,22);1H. The van der Waals surface area contributed by atoms with E-state index in [-0.39, 0.29) is 29.7 Å². The molecule has 0 unspecified atom stereocenters. The van der Waals surface area contributed by atoms with Crippen LogP contribution in [0.4, 0.5) is 10.5 Å². The number of hydrogen-bond donors (Lipinski definition) is 3. The Hall–Kier alpha value is -1.56. The van der Waals surface area contributed by atoms with Gasteiger partial charge >= 0.3 is 6.09 Å². The molecule has 3 N–H and O–H groups in total. The van der Waals surface area contributed by atoms with Gasteiger partial charge in [0.2, 0.25) is 0 Å². The van der Waals surface area contributed by atoms with Crippen molar-refractivity contribution in [2.45, 2.75) is 39.2 Å². The highest BCUT2D eigenvalue weighted by atomic mass is 127. The number of guanidine groups is 1. The zero-order valence-corrected chi connectivity index (χ0v) is 20.9. The minimum absolute atomic E-state index is 0. The predicted octanol–water partition coefficient (Wildman–Crippen LogP) is 2.79. The van der Waals surface area contributed by atoms with E-state index >= 15 is 0 Å². The van der Waals surface area contributed by atoms with Gasteiger partial charge in [0, 0.05) is 32.1 Å². The molecule has 1 aromatic carbocycles. The number of amides is 1. The Bertz CT molecular complexity index is 759. The number of benzene rings is 1. The second-order valence-corrected chi connectivity index (χ2v) is 9.74. The first-order valence-corrected chi connectivity index (χ1v) is 11.3. The van der Waals surface area contributed by atoms with E-state index in [0.717, 1.165) is 12.0 Å². The molecule has 0 aliphatic rings. The number of halogens is 1. The van der Waals surface area contributed by atoms with Crippen LogP contribution < -0.4 is 16.0 Å². The molecule has 0 atom stereocenters. The molecule has 1 aromatic rings. The molecule has 0 aromatic heterocycles. The summed E-state index contributed by atoms with van der Waals surface area (Å²) in [6, 6.07) is 7.54. The fourth-order valence-electron chi connectivity index (χ4n) is 2.26. The van der Waals surface area contributed by atoms with E-state index in [1.165, 1.54) is 6.26 Å². The number of nitrogens with one attached hydrogen (secondary N) is 3. The fraction of sp³-hybridized carbons (Fsp3) is 0.579. The highest BCUT2D eigenvalue weighted by Gasteiger charge is 2.16. The molecule has 0 aliphatic heterocycles. The first-order valence-electron chi connectivity index (χ1n) is 9.20. The monoisotopic (exact) mass is 540 g/mol. The van der Waals surface area contributed by atoms with E-state index in [1.54, 1.807) is 7.05 Å². The molecule has 0 bridgehead atoms. The maximum atomic E-state index is 11.8. The molecule has 0 radical (unpaired) electrons. The fourth-order valence-corrected chi connectivity index (χ4v) is 2.93. The van der Waals surface area contributed by atoms with Crippen molar-refractivity contribution in [3.63, 3.8) is 0 Å². The molecule has 0 heterocycles. The van der Waals surface area contributed by atoms with E-state index in [1.807, 2.05) is 45.0 Å². The van der Waals surface area contributed by atoms with E-state index in [0.29, 0.717) is 31.2 Å². The van der Waals surface area contributed by atoms with Crippen LogP contribution in [0, 0.1) is 0 Å². The number of carbonyl (C=O) groups is 1. The number of nitrogens with zero attached hydrogens (tertiary/aromatic N) is 1. The zero-order chi connectivity index (χ0) is 21.2. The van der Waals surface area contributed by atoms with Crippen LogP contribution in [0.3, 0.4) is 0 Å². The van der Waals surface area contributed by atoms with E-state index in [2.05, 4.69) is 20.9 Å². The summed E-state index contributed by atoms with van der Waals surface area (Å²) in [5.41, 5.74) is 1.25. The summed E-state index contributed by atoms with van der Waals surface area (Å²) in [5, 5.41) is 8.98. The Morgan fingerprint density at radius 3 is 2.21 bits per heavy atom. The number of hydrogen-bond acceptors (Lipinski definition) is 5. The Kier molecular flexibility index (Phi) is 12.2. The highest BCUT2D eigenvalue weighted by Crippen LogP contribution is 2.13. The van der Waals surface area contributed by atoms with Crippen LogP contribution in [0.2, 0.25) is 0 Å². The molecule has 0 fully saturated rings. The van der Waals surface area contributed by atoms with Crippen molar-refractivity contribution in [1.82, 2.24) is 10.6 Å². The van der Waals surface area contributed by atoms with Crippen LogP contribution in [0.1, 0.15) is 32.8 Å². The first kappa shape index (κ1) is 27.4. The normalized spacial score (nSPS) is 12.0. The molecule has 0 saturated carbocycles. The Labute approximate surface area is 191 Å². The van der Waals surface area contributed by atoms with Gasteiger partial charge in [-0.2, -0.15) is 0 Å². The molecule has 10 heteroatoms. The van der Waals surface area contributed by atoms with Gasteiger partial charge in [0.05, 0.1) is 5.75 Å². The lowest BCUT2D eigenvalue weighted by molar-refractivity contribution is 0.0636. The van der Waals surface area contributed by atoms with E-state index < -0.39 is 21.5 Å². The zero-order valence-electron chi connectivity index (χ0n) is 17.7. The average molecular weight is 540 g/mol. The SMILES string of the molecule is CN=C(NCCCS(C)(=O)=O)NCCc1ccc(NC(=O)OC(C)(C)C)cc1.I. The van der Waals surface area contributed by atoms with Gasteiger partial charge in [-0.1, -0.05) is 12.1 Å². The maximum absolute atomic E-state index is 11.8. The lowest BCUT2D eigenvalue weighted by atomic mass is 10.1. The van der Waals surface area contributed by atoms with Crippen molar-refractivity contribution in [3.05, 3.63) is 29.8 Å². The third kappa shape index (κ3) is 14.1. The van der Waals surface area contributed by atoms with Gasteiger partial charge in [-0.25, -0.2) is 13.2 Å². The van der Waals surface area contributed by atoms with Crippen molar-refractivity contribution in [2.75, 3.05) is 37.5 Å². The van der Waals surface area contributed by atoms with Crippen molar-refractivity contribution in [1.29, 1.82) is 0 Å². The third-order valence-electron chi connectivity index (χ3n) is 3.51. The minimum atomic E-state index is -2.94. The summed E-state index contributed by atoms with van der Waals surface area (Å²) in [6.45, 7) is 6.66. The highest BCUT2D eigenvalue weighted by molar-refractivity contribution is 14.0. The quantitative estimate of drug-likeness (QED) is 0.203. The van der Waals surface area contributed by atoms with Crippen molar-refractivity contribution >= 4 is 51.6 Å². The number of sulfone groups is 1. The molecule has 1 amide bonds.